The summed E-state index contributed by atoms with van der Waals surface area (Å²) in [5.74, 6) is -0.663. The number of ether oxygens (including phenoxy) is 3. The monoisotopic (exact) mass is 478 g/mol. The number of anilines is 1. The lowest BCUT2D eigenvalue weighted by atomic mass is 10.1. The highest BCUT2D eigenvalue weighted by molar-refractivity contribution is 5.95. The van der Waals surface area contributed by atoms with Gasteiger partial charge in [0.05, 0.1) is 24.8 Å². The van der Waals surface area contributed by atoms with Crippen LogP contribution in [-0.2, 0) is 20.4 Å². The molecule has 2 amide bonds. The van der Waals surface area contributed by atoms with Crippen LogP contribution in [0, 0.1) is 0 Å². The summed E-state index contributed by atoms with van der Waals surface area (Å²) in [6, 6.07) is 9.62. The fourth-order valence-electron chi connectivity index (χ4n) is 3.82. The van der Waals surface area contributed by atoms with Gasteiger partial charge in [0.15, 0.2) is 11.9 Å². The predicted octanol–water partition coefficient (Wildman–Crippen LogP) is 3.42. The van der Waals surface area contributed by atoms with Crippen molar-refractivity contribution in [3.05, 3.63) is 65.2 Å². The Labute approximate surface area is 192 Å². The Morgan fingerprint density at radius 3 is 2.15 bits per heavy atom. The summed E-state index contributed by atoms with van der Waals surface area (Å²) in [4.78, 5) is 36.0. The van der Waals surface area contributed by atoms with Crippen LogP contribution in [0.2, 0.25) is 0 Å². The Hall–Kier alpha value is -3.44. The molecular formula is C23H21F3N2O6. The van der Waals surface area contributed by atoms with Crippen molar-refractivity contribution in [3.63, 3.8) is 0 Å². The highest BCUT2D eigenvalue weighted by atomic mass is 19.4. The second kappa shape index (κ2) is 9.43. The maximum atomic E-state index is 12.7. The van der Waals surface area contributed by atoms with Crippen molar-refractivity contribution in [2.24, 2.45) is 0 Å². The predicted molar refractivity (Wildman–Crippen MR) is 113 cm³/mol. The van der Waals surface area contributed by atoms with E-state index in [0.29, 0.717) is 11.3 Å². The first kappa shape index (κ1) is 23.7. The van der Waals surface area contributed by atoms with Gasteiger partial charge in [-0.25, -0.2) is 4.79 Å². The van der Waals surface area contributed by atoms with E-state index in [-0.39, 0.29) is 24.6 Å². The van der Waals surface area contributed by atoms with Crippen LogP contribution in [0.15, 0.2) is 48.5 Å². The minimum atomic E-state index is -4.49. The largest absolute Gasteiger partial charge is 0.441 e. The molecule has 2 aromatic carbocycles. The molecule has 0 bridgehead atoms. The third-order valence-electron chi connectivity index (χ3n) is 5.60. The number of Topliss-reactive ketones (excluding diaryl/α,β-unsaturated/α-hetero) is 1. The standard InChI is InChI=1S/C23H21F3N2O6/c1-12(29)13-4-8-16(9-5-13)27-22(31)34-18-11-33-19-17(10-32-20(18)19)28-21(30)14-2-6-15(7-3-14)23(24,25)26/h2-9,17-20H,10-11H2,1H3,(H,27,31)(H,28,30)/t17-,18-,19-,20+/m0/s1. The highest BCUT2D eigenvalue weighted by Crippen LogP contribution is 2.31. The van der Waals surface area contributed by atoms with Crippen molar-refractivity contribution in [3.8, 4) is 0 Å². The molecule has 0 aliphatic carbocycles. The number of hydrogen-bond acceptors (Lipinski definition) is 6. The number of fused-ring (bicyclic) bond motifs is 1. The highest BCUT2D eigenvalue weighted by Gasteiger charge is 2.50. The number of hydrogen-bond donors (Lipinski definition) is 2. The summed E-state index contributed by atoms with van der Waals surface area (Å²) in [5.41, 5.74) is 0.173. The molecule has 0 spiro atoms. The minimum Gasteiger partial charge on any atom is -0.441 e. The van der Waals surface area contributed by atoms with Gasteiger partial charge in [0.2, 0.25) is 0 Å². The molecule has 180 valence electrons. The van der Waals surface area contributed by atoms with Gasteiger partial charge in [-0.1, -0.05) is 0 Å². The zero-order valence-electron chi connectivity index (χ0n) is 17.9. The van der Waals surface area contributed by atoms with Gasteiger partial charge >= 0.3 is 12.3 Å². The summed E-state index contributed by atoms with van der Waals surface area (Å²) in [7, 11) is 0. The maximum absolute atomic E-state index is 12.7. The van der Waals surface area contributed by atoms with E-state index in [2.05, 4.69) is 10.6 Å². The second-order valence-corrected chi connectivity index (χ2v) is 7.95. The topological polar surface area (TPSA) is 103 Å². The summed E-state index contributed by atoms with van der Waals surface area (Å²) in [5, 5.41) is 5.26. The van der Waals surface area contributed by atoms with Gasteiger partial charge in [0.25, 0.3) is 5.91 Å². The molecule has 2 saturated heterocycles. The lowest BCUT2D eigenvalue weighted by Crippen LogP contribution is -2.44. The quantitative estimate of drug-likeness (QED) is 0.639. The molecular weight excluding hydrogens is 457 g/mol. The van der Waals surface area contributed by atoms with E-state index >= 15 is 0 Å². The van der Waals surface area contributed by atoms with E-state index in [0.717, 1.165) is 24.3 Å². The van der Waals surface area contributed by atoms with Crippen LogP contribution in [0.3, 0.4) is 0 Å². The van der Waals surface area contributed by atoms with Gasteiger partial charge in [-0.15, -0.1) is 0 Å². The number of amides is 2. The molecule has 2 heterocycles. The Kier molecular flexibility index (Phi) is 6.58. The smallest absolute Gasteiger partial charge is 0.416 e. The Morgan fingerprint density at radius 2 is 1.53 bits per heavy atom. The minimum absolute atomic E-state index is 0.0542. The van der Waals surface area contributed by atoms with E-state index in [1.165, 1.54) is 6.92 Å². The summed E-state index contributed by atoms with van der Waals surface area (Å²) in [6.45, 7) is 1.59. The van der Waals surface area contributed by atoms with Crippen LogP contribution < -0.4 is 10.6 Å². The van der Waals surface area contributed by atoms with Crippen molar-refractivity contribution in [1.82, 2.24) is 5.32 Å². The number of ketones is 1. The molecule has 2 aliphatic rings. The molecule has 34 heavy (non-hydrogen) atoms. The number of alkyl halides is 3. The number of carbonyl (C=O) groups excluding carboxylic acids is 3. The average Bonchev–Trinajstić information content (AvgIpc) is 3.37. The number of carbonyl (C=O) groups is 3. The Bertz CT molecular complexity index is 1070. The van der Waals surface area contributed by atoms with Crippen LogP contribution in [-0.4, -0.2) is 55.4 Å². The lowest BCUT2D eigenvalue weighted by Gasteiger charge is -2.18. The van der Waals surface area contributed by atoms with Crippen LogP contribution in [0.5, 0.6) is 0 Å². The Morgan fingerprint density at radius 1 is 0.912 bits per heavy atom. The number of nitrogens with one attached hydrogen (secondary N) is 2. The van der Waals surface area contributed by atoms with Crippen molar-refractivity contribution < 1.29 is 41.8 Å². The third kappa shape index (κ3) is 5.20. The zero-order valence-corrected chi connectivity index (χ0v) is 17.9. The summed E-state index contributed by atoms with van der Waals surface area (Å²) < 4.78 is 54.8. The second-order valence-electron chi connectivity index (χ2n) is 7.95. The number of halogens is 3. The van der Waals surface area contributed by atoms with Gasteiger partial charge in [-0.3, -0.25) is 14.9 Å². The molecule has 0 unspecified atom stereocenters. The first-order valence-corrected chi connectivity index (χ1v) is 10.4. The van der Waals surface area contributed by atoms with Crippen molar-refractivity contribution in [1.29, 1.82) is 0 Å². The van der Waals surface area contributed by atoms with Gasteiger partial charge in [0.1, 0.15) is 12.2 Å². The van der Waals surface area contributed by atoms with Gasteiger partial charge in [0, 0.05) is 16.8 Å². The molecule has 2 aromatic rings. The van der Waals surface area contributed by atoms with Gasteiger partial charge in [-0.2, -0.15) is 13.2 Å². The van der Waals surface area contributed by atoms with E-state index in [1.807, 2.05) is 0 Å². The van der Waals surface area contributed by atoms with Crippen molar-refractivity contribution in [2.75, 3.05) is 18.5 Å². The Balaban J connectivity index is 1.30. The van der Waals surface area contributed by atoms with Crippen molar-refractivity contribution >= 4 is 23.5 Å². The molecule has 0 saturated carbocycles. The molecule has 2 N–H and O–H groups in total. The molecule has 8 nitrogen and oxygen atoms in total. The summed E-state index contributed by atoms with van der Waals surface area (Å²) >= 11 is 0. The number of rotatable bonds is 5. The fraction of sp³-hybridized carbons (Fsp3) is 0.348. The first-order chi connectivity index (χ1) is 16.1. The average molecular weight is 478 g/mol. The molecule has 4 rings (SSSR count). The zero-order chi connectivity index (χ0) is 24.5. The van der Waals surface area contributed by atoms with Crippen LogP contribution in [0.4, 0.5) is 23.7 Å². The van der Waals surface area contributed by atoms with Crippen LogP contribution >= 0.6 is 0 Å². The maximum Gasteiger partial charge on any atom is 0.416 e. The molecule has 2 aliphatic heterocycles. The fourth-order valence-corrected chi connectivity index (χ4v) is 3.82. The van der Waals surface area contributed by atoms with E-state index in [4.69, 9.17) is 14.2 Å². The first-order valence-electron chi connectivity index (χ1n) is 10.4. The summed E-state index contributed by atoms with van der Waals surface area (Å²) in [6.07, 6.45) is -7.12. The molecule has 4 atom stereocenters. The molecule has 0 aromatic heterocycles. The molecule has 2 fully saturated rings. The van der Waals surface area contributed by atoms with E-state index < -0.39 is 48.1 Å². The van der Waals surface area contributed by atoms with E-state index in [9.17, 15) is 27.6 Å². The number of benzene rings is 2. The normalized spacial score (nSPS) is 23.8. The van der Waals surface area contributed by atoms with Gasteiger partial charge in [-0.05, 0) is 55.5 Å². The SMILES string of the molecule is CC(=O)c1ccc(NC(=O)O[C@H]2CO[C@@H]3[C@@H]2OC[C@@H]3NC(=O)c2ccc(C(F)(F)F)cc2)cc1. The van der Waals surface area contributed by atoms with Crippen LogP contribution in [0.25, 0.3) is 0 Å². The van der Waals surface area contributed by atoms with E-state index in [1.54, 1.807) is 24.3 Å². The van der Waals surface area contributed by atoms with Crippen molar-refractivity contribution in [2.45, 2.75) is 37.5 Å². The molecule has 11 heteroatoms. The van der Waals surface area contributed by atoms with Gasteiger partial charge < -0.3 is 19.5 Å². The van der Waals surface area contributed by atoms with Crippen LogP contribution in [0.1, 0.15) is 33.2 Å². The third-order valence-corrected chi connectivity index (χ3v) is 5.60. The lowest BCUT2D eigenvalue weighted by molar-refractivity contribution is -0.137. The molecule has 0 radical (unpaired) electrons.